The summed E-state index contributed by atoms with van der Waals surface area (Å²) in [5, 5.41) is 0.552. The Kier molecular flexibility index (Phi) is 4.22. The molecule has 0 saturated carbocycles. The van der Waals surface area contributed by atoms with E-state index in [0.717, 1.165) is 38.1 Å². The number of hydrogen-bond donors (Lipinski definition) is 0. The minimum atomic E-state index is -0.296. The van der Waals surface area contributed by atoms with Crippen LogP contribution in [0.4, 0.5) is 4.39 Å². The van der Waals surface area contributed by atoms with E-state index in [1.54, 1.807) is 41.0 Å². The molecule has 2 aromatic carbocycles. The molecule has 0 saturated heterocycles. The van der Waals surface area contributed by atoms with E-state index in [2.05, 4.69) is 4.98 Å². The van der Waals surface area contributed by atoms with E-state index >= 15 is 0 Å². The first-order valence-corrected chi connectivity index (χ1v) is 8.62. The van der Waals surface area contributed by atoms with Crippen LogP contribution in [0.2, 0.25) is 0 Å². The summed E-state index contributed by atoms with van der Waals surface area (Å²) in [7, 11) is 0. The van der Waals surface area contributed by atoms with Crippen LogP contribution >= 0.6 is 0 Å². The van der Waals surface area contributed by atoms with Crippen molar-refractivity contribution in [1.29, 1.82) is 0 Å². The van der Waals surface area contributed by atoms with Crippen LogP contribution in [0.1, 0.15) is 30.7 Å². The van der Waals surface area contributed by atoms with Crippen molar-refractivity contribution < 1.29 is 9.13 Å². The van der Waals surface area contributed by atoms with Crippen LogP contribution in [0, 0.1) is 5.82 Å². The maximum absolute atomic E-state index is 13.7. The third-order valence-corrected chi connectivity index (χ3v) is 4.64. The third-order valence-electron chi connectivity index (χ3n) is 4.64. The summed E-state index contributed by atoms with van der Waals surface area (Å²) >= 11 is 0. The smallest absolute Gasteiger partial charge is 0.261 e. The molecule has 25 heavy (non-hydrogen) atoms. The fourth-order valence-corrected chi connectivity index (χ4v) is 3.26. The molecule has 5 heteroatoms. The number of nitrogens with zero attached hydrogens (tertiary/aromatic N) is 2. The molecule has 0 aliphatic carbocycles. The van der Waals surface area contributed by atoms with Gasteiger partial charge in [-0.3, -0.25) is 9.36 Å². The van der Waals surface area contributed by atoms with Crippen LogP contribution in [-0.4, -0.2) is 9.55 Å². The van der Waals surface area contributed by atoms with Crippen LogP contribution in [0.25, 0.3) is 10.9 Å². The second-order valence-electron chi connectivity index (χ2n) is 6.35. The second-order valence-corrected chi connectivity index (χ2v) is 6.35. The highest BCUT2D eigenvalue weighted by molar-refractivity contribution is 5.79. The summed E-state index contributed by atoms with van der Waals surface area (Å²) < 4.78 is 21.2. The van der Waals surface area contributed by atoms with Gasteiger partial charge in [-0.25, -0.2) is 9.37 Å². The van der Waals surface area contributed by atoms with E-state index in [1.165, 1.54) is 6.07 Å². The van der Waals surface area contributed by atoms with Gasteiger partial charge in [-0.1, -0.05) is 24.6 Å². The highest BCUT2D eigenvalue weighted by atomic mass is 19.1. The van der Waals surface area contributed by atoms with E-state index in [4.69, 9.17) is 4.74 Å². The Hall–Kier alpha value is -2.69. The van der Waals surface area contributed by atoms with Crippen molar-refractivity contribution >= 4 is 10.9 Å². The van der Waals surface area contributed by atoms with Crippen LogP contribution in [0.3, 0.4) is 0 Å². The molecule has 0 spiro atoms. The standard InChI is InChI=1S/C20H19FN2O2/c21-17-7-4-3-6-14(17)13-25-15-9-10-18-16(12-15)20(24)23-11-5-1-2-8-19(23)22-18/h3-4,6-7,9-10,12H,1-2,5,8,11,13H2. The lowest BCUT2D eigenvalue weighted by Gasteiger charge is -2.11. The minimum absolute atomic E-state index is 0.0155. The Morgan fingerprint density at radius 2 is 2.00 bits per heavy atom. The molecule has 4 nitrogen and oxygen atoms in total. The topological polar surface area (TPSA) is 44.1 Å². The molecule has 128 valence electrons. The van der Waals surface area contributed by atoms with Crippen molar-refractivity contribution in [2.75, 3.05) is 0 Å². The lowest BCUT2D eigenvalue weighted by atomic mass is 10.2. The number of ether oxygens (including phenoxy) is 1. The zero-order valence-corrected chi connectivity index (χ0v) is 13.9. The Morgan fingerprint density at radius 3 is 2.88 bits per heavy atom. The molecule has 0 atom stereocenters. The Bertz CT molecular complexity index is 981. The molecule has 0 N–H and O–H groups in total. The van der Waals surface area contributed by atoms with Gasteiger partial charge >= 0.3 is 0 Å². The van der Waals surface area contributed by atoms with E-state index in [1.807, 2.05) is 0 Å². The average Bonchev–Trinajstić information content (AvgIpc) is 2.87. The molecule has 3 aromatic rings. The number of aryl methyl sites for hydroxylation is 1. The normalized spacial score (nSPS) is 14.1. The monoisotopic (exact) mass is 338 g/mol. The second kappa shape index (κ2) is 6.67. The van der Waals surface area contributed by atoms with E-state index in [-0.39, 0.29) is 18.0 Å². The van der Waals surface area contributed by atoms with Gasteiger partial charge in [0.15, 0.2) is 0 Å². The molecular weight excluding hydrogens is 319 g/mol. The first kappa shape index (κ1) is 15.8. The first-order chi connectivity index (χ1) is 12.2. The van der Waals surface area contributed by atoms with Crippen molar-refractivity contribution in [2.24, 2.45) is 0 Å². The van der Waals surface area contributed by atoms with Gasteiger partial charge in [0.05, 0.1) is 10.9 Å². The van der Waals surface area contributed by atoms with Crippen LogP contribution in [0.5, 0.6) is 5.75 Å². The summed E-state index contributed by atoms with van der Waals surface area (Å²) in [6.07, 6.45) is 4.04. The summed E-state index contributed by atoms with van der Waals surface area (Å²) in [4.78, 5) is 17.5. The van der Waals surface area contributed by atoms with Gasteiger partial charge < -0.3 is 4.74 Å². The minimum Gasteiger partial charge on any atom is -0.489 e. The average molecular weight is 338 g/mol. The predicted octanol–water partition coefficient (Wildman–Crippen LogP) is 3.84. The fourth-order valence-electron chi connectivity index (χ4n) is 3.26. The van der Waals surface area contributed by atoms with Crippen molar-refractivity contribution in [3.05, 3.63) is 70.0 Å². The number of rotatable bonds is 3. The first-order valence-electron chi connectivity index (χ1n) is 8.62. The van der Waals surface area contributed by atoms with Gasteiger partial charge in [0.1, 0.15) is 24.0 Å². The molecule has 0 amide bonds. The molecular formula is C20H19FN2O2. The Balaban J connectivity index is 1.67. The number of halogens is 1. The number of benzene rings is 2. The lowest BCUT2D eigenvalue weighted by Crippen LogP contribution is -2.24. The van der Waals surface area contributed by atoms with Crippen LogP contribution in [0.15, 0.2) is 47.3 Å². The zero-order chi connectivity index (χ0) is 17.2. The third kappa shape index (κ3) is 3.14. The molecule has 4 rings (SSSR count). The summed E-state index contributed by atoms with van der Waals surface area (Å²) in [6, 6.07) is 11.8. The van der Waals surface area contributed by atoms with E-state index in [0.29, 0.717) is 22.2 Å². The van der Waals surface area contributed by atoms with Gasteiger partial charge in [-0.05, 0) is 37.1 Å². The summed E-state index contributed by atoms with van der Waals surface area (Å²) in [5.74, 6) is 1.12. The summed E-state index contributed by atoms with van der Waals surface area (Å²) in [6.45, 7) is 0.843. The van der Waals surface area contributed by atoms with Crippen LogP contribution < -0.4 is 10.3 Å². The molecule has 1 aliphatic heterocycles. The number of fused-ring (bicyclic) bond motifs is 2. The number of aromatic nitrogens is 2. The van der Waals surface area contributed by atoms with Gasteiger partial charge in [-0.2, -0.15) is 0 Å². The molecule has 1 aliphatic rings. The largest absolute Gasteiger partial charge is 0.489 e. The maximum atomic E-state index is 13.7. The van der Waals surface area contributed by atoms with Crippen molar-refractivity contribution in [2.45, 2.75) is 38.8 Å². The molecule has 1 aromatic heterocycles. The lowest BCUT2D eigenvalue weighted by molar-refractivity contribution is 0.300. The van der Waals surface area contributed by atoms with Gasteiger partial charge in [0.25, 0.3) is 5.56 Å². The van der Waals surface area contributed by atoms with Gasteiger partial charge in [0.2, 0.25) is 0 Å². The quantitative estimate of drug-likeness (QED) is 0.729. The van der Waals surface area contributed by atoms with Gasteiger partial charge in [-0.15, -0.1) is 0 Å². The Morgan fingerprint density at radius 1 is 1.12 bits per heavy atom. The molecule has 0 unspecified atom stereocenters. The highest BCUT2D eigenvalue weighted by Gasteiger charge is 2.14. The van der Waals surface area contributed by atoms with E-state index in [9.17, 15) is 9.18 Å². The predicted molar refractivity (Wildman–Crippen MR) is 94.3 cm³/mol. The molecule has 0 radical (unpaired) electrons. The van der Waals surface area contributed by atoms with Crippen LogP contribution in [-0.2, 0) is 19.6 Å². The van der Waals surface area contributed by atoms with Crippen molar-refractivity contribution in [3.63, 3.8) is 0 Å². The zero-order valence-electron chi connectivity index (χ0n) is 13.9. The van der Waals surface area contributed by atoms with Crippen molar-refractivity contribution in [3.8, 4) is 5.75 Å². The van der Waals surface area contributed by atoms with Gasteiger partial charge in [0, 0.05) is 18.5 Å². The Labute approximate surface area is 144 Å². The van der Waals surface area contributed by atoms with Crippen molar-refractivity contribution in [1.82, 2.24) is 9.55 Å². The molecule has 2 heterocycles. The van der Waals surface area contributed by atoms with E-state index < -0.39 is 0 Å². The number of hydrogen-bond acceptors (Lipinski definition) is 3. The maximum Gasteiger partial charge on any atom is 0.261 e. The molecule has 0 fully saturated rings. The molecule has 0 bridgehead atoms. The summed E-state index contributed by atoms with van der Waals surface area (Å²) in [5.41, 5.74) is 1.16. The highest BCUT2D eigenvalue weighted by Crippen LogP contribution is 2.21. The fraction of sp³-hybridized carbons (Fsp3) is 0.300. The SMILES string of the molecule is O=c1c2cc(OCc3ccccc3F)ccc2nc2n1CCCCC2.